The van der Waals surface area contributed by atoms with Gasteiger partial charge in [-0.15, -0.1) is 5.10 Å². The molecule has 30 heavy (non-hydrogen) atoms. The smallest absolute Gasteiger partial charge is 0.244 e. The first-order valence-corrected chi connectivity index (χ1v) is 9.05. The molecule has 0 saturated carbocycles. The Hall–Kier alpha value is -3.14. The van der Waals surface area contributed by atoms with E-state index in [1.54, 1.807) is 0 Å². The highest BCUT2D eigenvalue weighted by Crippen LogP contribution is 2.51. The van der Waals surface area contributed by atoms with E-state index in [-0.39, 0.29) is 36.5 Å². The standard InChI is InChI=1S/C20H16F4N2O4/c1-10(28)26-20(30-19(25-26)14-6-12(21)2-3-16(14)23)11(4-5-27)9-29-18-15(20)7-13(22)8-17(18)24/h2-3,6-8,11,27H,4-5,9H2,1H3. The molecule has 10 heteroatoms. The van der Waals surface area contributed by atoms with Gasteiger partial charge in [-0.1, -0.05) is 0 Å². The van der Waals surface area contributed by atoms with Gasteiger partial charge in [-0.05, 0) is 30.7 Å². The maximum Gasteiger partial charge on any atom is 0.244 e. The lowest BCUT2D eigenvalue weighted by atomic mass is 9.83. The van der Waals surface area contributed by atoms with Crippen molar-refractivity contribution in [3.8, 4) is 5.75 Å². The van der Waals surface area contributed by atoms with Crippen LogP contribution in [0.1, 0.15) is 24.5 Å². The maximum absolute atomic E-state index is 14.4. The zero-order valence-corrected chi connectivity index (χ0v) is 15.7. The fourth-order valence-electron chi connectivity index (χ4n) is 3.80. The molecule has 1 spiro atoms. The van der Waals surface area contributed by atoms with E-state index in [2.05, 4.69) is 5.10 Å². The molecule has 2 heterocycles. The molecule has 6 nitrogen and oxygen atoms in total. The average molecular weight is 424 g/mol. The highest BCUT2D eigenvalue weighted by molar-refractivity contribution is 5.97. The molecule has 2 aromatic rings. The lowest BCUT2D eigenvalue weighted by Crippen LogP contribution is -2.54. The molecule has 4 rings (SSSR count). The van der Waals surface area contributed by atoms with E-state index < -0.39 is 46.7 Å². The SMILES string of the molecule is CC(=O)N1N=C(c2cc(F)ccc2F)OC12c1cc(F)cc(F)c1OCC2CCO. The Balaban J connectivity index is 1.94. The predicted molar refractivity (Wildman–Crippen MR) is 95.2 cm³/mol. The molecule has 1 N–H and O–H groups in total. The summed E-state index contributed by atoms with van der Waals surface area (Å²) in [6.45, 7) is 0.580. The van der Waals surface area contributed by atoms with Crippen LogP contribution in [0, 0.1) is 29.2 Å². The first kappa shape index (κ1) is 20.1. The molecular formula is C20H16F4N2O4. The Morgan fingerprint density at radius 1 is 1.20 bits per heavy atom. The molecule has 0 saturated heterocycles. The minimum absolute atomic E-state index is 0.00971. The van der Waals surface area contributed by atoms with E-state index in [4.69, 9.17) is 9.47 Å². The summed E-state index contributed by atoms with van der Waals surface area (Å²) in [6, 6.07) is 4.13. The van der Waals surface area contributed by atoms with Crippen LogP contribution in [0.2, 0.25) is 0 Å². The summed E-state index contributed by atoms with van der Waals surface area (Å²) < 4.78 is 68.0. The van der Waals surface area contributed by atoms with Crippen molar-refractivity contribution in [2.75, 3.05) is 13.2 Å². The first-order valence-electron chi connectivity index (χ1n) is 9.05. The summed E-state index contributed by atoms with van der Waals surface area (Å²) in [6.07, 6.45) is 0.00971. The maximum atomic E-state index is 14.4. The van der Waals surface area contributed by atoms with E-state index in [0.29, 0.717) is 6.07 Å². The molecule has 2 aliphatic heterocycles. The minimum atomic E-state index is -1.92. The summed E-state index contributed by atoms with van der Waals surface area (Å²) in [5.74, 6) is -5.92. The summed E-state index contributed by atoms with van der Waals surface area (Å²) in [7, 11) is 0. The number of hydrazone groups is 1. The van der Waals surface area contributed by atoms with Crippen molar-refractivity contribution >= 4 is 11.8 Å². The van der Waals surface area contributed by atoms with Gasteiger partial charge in [-0.25, -0.2) is 17.6 Å². The number of carbonyl (C=O) groups is 1. The van der Waals surface area contributed by atoms with Gasteiger partial charge in [0.15, 0.2) is 11.6 Å². The van der Waals surface area contributed by atoms with Crippen LogP contribution in [0.25, 0.3) is 0 Å². The number of fused-ring (bicyclic) bond motifs is 2. The predicted octanol–water partition coefficient (Wildman–Crippen LogP) is 3.03. The Morgan fingerprint density at radius 2 is 1.97 bits per heavy atom. The molecule has 2 atom stereocenters. The second-order valence-electron chi connectivity index (χ2n) is 6.94. The second kappa shape index (κ2) is 7.28. The highest BCUT2D eigenvalue weighted by Gasteiger charge is 2.58. The summed E-state index contributed by atoms with van der Waals surface area (Å²) in [5, 5.41) is 14.3. The molecule has 1 amide bonds. The lowest BCUT2D eigenvalue weighted by Gasteiger charge is -2.44. The van der Waals surface area contributed by atoms with E-state index in [9.17, 15) is 27.5 Å². The van der Waals surface area contributed by atoms with Gasteiger partial charge in [-0.2, -0.15) is 5.01 Å². The fourth-order valence-corrected chi connectivity index (χ4v) is 3.80. The Kier molecular flexibility index (Phi) is 4.89. The average Bonchev–Trinajstić information content (AvgIpc) is 3.08. The topological polar surface area (TPSA) is 71.4 Å². The lowest BCUT2D eigenvalue weighted by molar-refractivity contribution is -0.170. The third kappa shape index (κ3) is 2.98. The fraction of sp³-hybridized carbons (Fsp3) is 0.300. The molecule has 2 unspecified atom stereocenters. The van der Waals surface area contributed by atoms with Gasteiger partial charge in [0.1, 0.15) is 17.5 Å². The molecule has 0 bridgehead atoms. The monoisotopic (exact) mass is 424 g/mol. The summed E-state index contributed by atoms with van der Waals surface area (Å²) in [4.78, 5) is 12.5. The van der Waals surface area contributed by atoms with Gasteiger partial charge in [0, 0.05) is 19.6 Å². The molecule has 0 radical (unpaired) electrons. The molecule has 2 aliphatic rings. The van der Waals surface area contributed by atoms with E-state index >= 15 is 0 Å². The van der Waals surface area contributed by atoms with Crippen molar-refractivity contribution in [2.24, 2.45) is 11.0 Å². The number of carbonyl (C=O) groups excluding carboxylic acids is 1. The number of amides is 1. The van der Waals surface area contributed by atoms with Crippen LogP contribution >= 0.6 is 0 Å². The number of hydrogen-bond donors (Lipinski definition) is 1. The molecule has 2 aromatic carbocycles. The molecule has 158 valence electrons. The Bertz CT molecular complexity index is 1060. The molecule has 0 aromatic heterocycles. The largest absolute Gasteiger partial charge is 0.489 e. The van der Waals surface area contributed by atoms with Gasteiger partial charge in [0.25, 0.3) is 0 Å². The third-order valence-electron chi connectivity index (χ3n) is 5.07. The number of aliphatic hydroxyl groups excluding tert-OH is 1. The highest BCUT2D eigenvalue weighted by atomic mass is 19.1. The molecule has 0 fully saturated rings. The van der Waals surface area contributed by atoms with Crippen molar-refractivity contribution < 1.29 is 36.9 Å². The Morgan fingerprint density at radius 3 is 2.67 bits per heavy atom. The molecule has 0 aliphatic carbocycles. The van der Waals surface area contributed by atoms with Crippen LogP contribution in [0.5, 0.6) is 5.75 Å². The van der Waals surface area contributed by atoms with Gasteiger partial charge in [-0.3, -0.25) is 4.79 Å². The van der Waals surface area contributed by atoms with Crippen LogP contribution in [0.15, 0.2) is 35.4 Å². The summed E-state index contributed by atoms with van der Waals surface area (Å²) in [5.41, 5.74) is -2.47. The van der Waals surface area contributed by atoms with Gasteiger partial charge in [0.2, 0.25) is 17.5 Å². The van der Waals surface area contributed by atoms with Crippen LogP contribution in [0.3, 0.4) is 0 Å². The van der Waals surface area contributed by atoms with Gasteiger partial charge >= 0.3 is 0 Å². The van der Waals surface area contributed by atoms with Crippen LogP contribution < -0.4 is 4.74 Å². The van der Waals surface area contributed by atoms with E-state index in [1.807, 2.05) is 0 Å². The van der Waals surface area contributed by atoms with E-state index in [1.165, 1.54) is 0 Å². The van der Waals surface area contributed by atoms with Crippen molar-refractivity contribution in [3.05, 3.63) is 64.7 Å². The van der Waals surface area contributed by atoms with Crippen molar-refractivity contribution in [1.29, 1.82) is 0 Å². The van der Waals surface area contributed by atoms with Crippen molar-refractivity contribution in [2.45, 2.75) is 19.1 Å². The van der Waals surface area contributed by atoms with E-state index in [0.717, 1.165) is 36.2 Å². The zero-order chi connectivity index (χ0) is 21.6. The number of ether oxygens (including phenoxy) is 2. The van der Waals surface area contributed by atoms with Gasteiger partial charge in [0.05, 0.1) is 23.7 Å². The molecular weight excluding hydrogens is 408 g/mol. The number of rotatable bonds is 3. The van der Waals surface area contributed by atoms with Crippen molar-refractivity contribution in [1.82, 2.24) is 5.01 Å². The number of aliphatic hydroxyl groups is 1. The normalized spacial score (nSPS) is 22.4. The van der Waals surface area contributed by atoms with Crippen molar-refractivity contribution in [3.63, 3.8) is 0 Å². The number of benzene rings is 2. The number of nitrogens with zero attached hydrogens (tertiary/aromatic N) is 2. The minimum Gasteiger partial charge on any atom is -0.489 e. The third-order valence-corrected chi connectivity index (χ3v) is 5.07. The van der Waals surface area contributed by atoms with Crippen LogP contribution in [0.4, 0.5) is 17.6 Å². The zero-order valence-electron chi connectivity index (χ0n) is 15.7. The first-order chi connectivity index (χ1) is 14.3. The Labute approximate surface area is 168 Å². The number of hydrogen-bond acceptors (Lipinski definition) is 5. The van der Waals surface area contributed by atoms with Gasteiger partial charge < -0.3 is 14.6 Å². The summed E-state index contributed by atoms with van der Waals surface area (Å²) >= 11 is 0. The van der Waals surface area contributed by atoms with Crippen LogP contribution in [-0.4, -0.2) is 35.1 Å². The van der Waals surface area contributed by atoms with Crippen LogP contribution in [-0.2, 0) is 15.3 Å². The second-order valence-corrected chi connectivity index (χ2v) is 6.94. The number of halogens is 4. The quantitative estimate of drug-likeness (QED) is 0.769.